The van der Waals surface area contributed by atoms with Crippen molar-refractivity contribution in [2.45, 2.75) is 13.3 Å². The quantitative estimate of drug-likeness (QED) is 0.619. The zero-order valence-corrected chi connectivity index (χ0v) is 14.0. The average molecular weight is 312 g/mol. The molecule has 0 aliphatic carbocycles. The van der Waals surface area contributed by atoms with Crippen LogP contribution in [0.25, 0.3) is 0 Å². The minimum atomic E-state index is 0.889. The Morgan fingerprint density at radius 3 is 1.62 bits per heavy atom. The van der Waals surface area contributed by atoms with Gasteiger partial charge in [0.1, 0.15) is 5.75 Å². The molecule has 0 heterocycles. The van der Waals surface area contributed by atoms with Gasteiger partial charge in [0.05, 0.1) is 7.11 Å². The summed E-state index contributed by atoms with van der Waals surface area (Å²) < 4.78 is 5.19. The van der Waals surface area contributed by atoms with E-state index in [4.69, 9.17) is 4.74 Å². The van der Waals surface area contributed by atoms with Gasteiger partial charge in [-0.2, -0.15) is 0 Å². The SMILES string of the molecule is COc1ccc(Cc2ccc(C#Cc3ccc(C)cc3)cc2)cc1. The van der Waals surface area contributed by atoms with Crippen LogP contribution in [0, 0.1) is 18.8 Å². The van der Waals surface area contributed by atoms with E-state index < -0.39 is 0 Å². The minimum Gasteiger partial charge on any atom is -0.497 e. The third kappa shape index (κ3) is 4.27. The Hall–Kier alpha value is -2.98. The van der Waals surface area contributed by atoms with Crippen LogP contribution in [0.2, 0.25) is 0 Å². The van der Waals surface area contributed by atoms with Gasteiger partial charge >= 0.3 is 0 Å². The number of ether oxygens (including phenoxy) is 1. The van der Waals surface area contributed by atoms with Crippen molar-refractivity contribution in [3.63, 3.8) is 0 Å². The maximum atomic E-state index is 5.19. The predicted molar refractivity (Wildman–Crippen MR) is 99.4 cm³/mol. The molecular weight excluding hydrogens is 292 g/mol. The smallest absolute Gasteiger partial charge is 0.118 e. The predicted octanol–water partition coefficient (Wildman–Crippen LogP) is 4.99. The lowest BCUT2D eigenvalue weighted by Gasteiger charge is -2.04. The first-order valence-electron chi connectivity index (χ1n) is 8.03. The van der Waals surface area contributed by atoms with Crippen molar-refractivity contribution < 1.29 is 4.74 Å². The first kappa shape index (κ1) is 15.9. The summed E-state index contributed by atoms with van der Waals surface area (Å²) in [5, 5.41) is 0. The van der Waals surface area contributed by atoms with Gasteiger partial charge in [-0.3, -0.25) is 0 Å². The summed E-state index contributed by atoms with van der Waals surface area (Å²) in [6.45, 7) is 2.08. The molecule has 3 aromatic carbocycles. The topological polar surface area (TPSA) is 9.23 Å². The molecule has 0 aliphatic rings. The largest absolute Gasteiger partial charge is 0.497 e. The molecule has 0 fully saturated rings. The van der Waals surface area contributed by atoms with Crippen molar-refractivity contribution in [2.24, 2.45) is 0 Å². The molecule has 0 atom stereocenters. The average Bonchev–Trinajstić information content (AvgIpc) is 2.63. The molecule has 0 N–H and O–H groups in total. The Morgan fingerprint density at radius 2 is 1.12 bits per heavy atom. The Balaban J connectivity index is 1.68. The number of benzene rings is 3. The van der Waals surface area contributed by atoms with Gasteiger partial charge in [-0.15, -0.1) is 0 Å². The van der Waals surface area contributed by atoms with Crippen LogP contribution < -0.4 is 4.74 Å². The summed E-state index contributed by atoms with van der Waals surface area (Å²) in [5.74, 6) is 7.32. The van der Waals surface area contributed by atoms with E-state index >= 15 is 0 Å². The Bertz CT molecular complexity index is 845. The van der Waals surface area contributed by atoms with E-state index in [9.17, 15) is 0 Å². The van der Waals surface area contributed by atoms with Crippen molar-refractivity contribution in [2.75, 3.05) is 7.11 Å². The zero-order valence-electron chi connectivity index (χ0n) is 14.0. The van der Waals surface area contributed by atoms with E-state index in [0.717, 1.165) is 23.3 Å². The maximum absolute atomic E-state index is 5.19. The van der Waals surface area contributed by atoms with Crippen LogP contribution in [-0.2, 0) is 6.42 Å². The van der Waals surface area contributed by atoms with Crippen LogP contribution in [0.5, 0.6) is 5.75 Å². The fourth-order valence-corrected chi connectivity index (χ4v) is 2.47. The summed E-state index contributed by atoms with van der Waals surface area (Å²) in [5.41, 5.74) is 5.88. The molecule has 1 heteroatoms. The van der Waals surface area contributed by atoms with Gasteiger partial charge in [0, 0.05) is 11.1 Å². The highest BCUT2D eigenvalue weighted by Crippen LogP contribution is 2.15. The van der Waals surface area contributed by atoms with E-state index in [1.165, 1.54) is 16.7 Å². The molecule has 3 aromatic rings. The zero-order chi connectivity index (χ0) is 16.8. The van der Waals surface area contributed by atoms with Crippen LogP contribution in [0.1, 0.15) is 27.8 Å². The molecule has 0 bridgehead atoms. The summed E-state index contributed by atoms with van der Waals surface area (Å²) in [6, 6.07) is 24.9. The number of hydrogen-bond donors (Lipinski definition) is 0. The van der Waals surface area contributed by atoms with E-state index in [1.807, 2.05) is 12.1 Å². The Kier molecular flexibility index (Phi) is 4.99. The number of rotatable bonds is 3. The van der Waals surface area contributed by atoms with Crippen molar-refractivity contribution >= 4 is 0 Å². The molecular formula is C23H20O. The lowest BCUT2D eigenvalue weighted by molar-refractivity contribution is 0.414. The molecule has 0 saturated heterocycles. The minimum absolute atomic E-state index is 0.889. The highest BCUT2D eigenvalue weighted by atomic mass is 16.5. The fourth-order valence-electron chi connectivity index (χ4n) is 2.47. The van der Waals surface area contributed by atoms with Crippen LogP contribution in [-0.4, -0.2) is 7.11 Å². The van der Waals surface area contributed by atoms with Gasteiger partial charge in [0.25, 0.3) is 0 Å². The monoisotopic (exact) mass is 312 g/mol. The van der Waals surface area contributed by atoms with E-state index in [-0.39, 0.29) is 0 Å². The molecule has 24 heavy (non-hydrogen) atoms. The van der Waals surface area contributed by atoms with Gasteiger partial charge in [-0.05, 0) is 60.9 Å². The Labute approximate surface area is 143 Å². The molecule has 118 valence electrons. The molecule has 0 radical (unpaired) electrons. The van der Waals surface area contributed by atoms with Gasteiger partial charge in [0.15, 0.2) is 0 Å². The van der Waals surface area contributed by atoms with Gasteiger partial charge < -0.3 is 4.74 Å². The summed E-state index contributed by atoms with van der Waals surface area (Å²) in [4.78, 5) is 0. The third-order valence-corrected chi connectivity index (χ3v) is 3.92. The Morgan fingerprint density at radius 1 is 0.667 bits per heavy atom. The molecule has 1 nitrogen and oxygen atoms in total. The highest BCUT2D eigenvalue weighted by molar-refractivity contribution is 5.44. The van der Waals surface area contributed by atoms with E-state index in [1.54, 1.807) is 7.11 Å². The van der Waals surface area contributed by atoms with Gasteiger partial charge in [-0.1, -0.05) is 53.8 Å². The summed E-state index contributed by atoms with van der Waals surface area (Å²) >= 11 is 0. The van der Waals surface area contributed by atoms with Crippen molar-refractivity contribution in [3.8, 4) is 17.6 Å². The third-order valence-electron chi connectivity index (χ3n) is 3.92. The standard InChI is InChI=1S/C23H20O/c1-18-3-5-19(6-4-18)7-8-20-9-11-21(12-10-20)17-22-13-15-23(24-2)16-14-22/h3-6,9-16H,17H2,1-2H3. The van der Waals surface area contributed by atoms with E-state index in [2.05, 4.69) is 79.4 Å². The molecule has 0 spiro atoms. The van der Waals surface area contributed by atoms with Crippen molar-refractivity contribution in [1.82, 2.24) is 0 Å². The number of methoxy groups -OCH3 is 1. The first-order chi connectivity index (χ1) is 11.7. The molecule has 0 amide bonds. The summed E-state index contributed by atoms with van der Waals surface area (Å²) in [6.07, 6.45) is 0.912. The lowest BCUT2D eigenvalue weighted by atomic mass is 10.0. The van der Waals surface area contributed by atoms with Crippen molar-refractivity contribution in [1.29, 1.82) is 0 Å². The highest BCUT2D eigenvalue weighted by Gasteiger charge is 1.98. The molecule has 0 unspecified atom stereocenters. The second-order valence-corrected chi connectivity index (χ2v) is 5.84. The van der Waals surface area contributed by atoms with Crippen molar-refractivity contribution in [3.05, 3.63) is 101 Å². The molecule has 0 aliphatic heterocycles. The van der Waals surface area contributed by atoms with E-state index in [0.29, 0.717) is 0 Å². The molecule has 3 rings (SSSR count). The van der Waals surface area contributed by atoms with Crippen LogP contribution in [0.3, 0.4) is 0 Å². The van der Waals surface area contributed by atoms with Gasteiger partial charge in [0.2, 0.25) is 0 Å². The molecule has 0 aromatic heterocycles. The normalized spacial score (nSPS) is 9.92. The molecule has 0 saturated carbocycles. The van der Waals surface area contributed by atoms with Gasteiger partial charge in [-0.25, -0.2) is 0 Å². The number of aryl methyl sites for hydroxylation is 1. The lowest BCUT2D eigenvalue weighted by Crippen LogP contribution is -1.89. The second kappa shape index (κ2) is 7.53. The second-order valence-electron chi connectivity index (χ2n) is 5.84. The number of hydrogen-bond acceptors (Lipinski definition) is 1. The fraction of sp³-hybridized carbons (Fsp3) is 0.130. The first-order valence-corrected chi connectivity index (χ1v) is 8.03. The summed E-state index contributed by atoms with van der Waals surface area (Å²) in [7, 11) is 1.69. The van der Waals surface area contributed by atoms with Crippen LogP contribution >= 0.6 is 0 Å². The van der Waals surface area contributed by atoms with Crippen LogP contribution in [0.4, 0.5) is 0 Å². The van der Waals surface area contributed by atoms with Crippen LogP contribution in [0.15, 0.2) is 72.8 Å². The maximum Gasteiger partial charge on any atom is 0.118 e.